The molecule has 0 spiro atoms. The van der Waals surface area contributed by atoms with Crippen LogP contribution in [0, 0.1) is 5.92 Å². The normalized spacial score (nSPS) is 29.2. The van der Waals surface area contributed by atoms with Crippen LogP contribution >= 0.6 is 0 Å². The van der Waals surface area contributed by atoms with Crippen molar-refractivity contribution in [2.75, 3.05) is 6.61 Å². The lowest BCUT2D eigenvalue weighted by Gasteiger charge is -2.44. The number of ether oxygens (including phenoxy) is 2. The second-order valence-electron chi connectivity index (χ2n) is 7.25. The standard InChI is InChI=1S/C22H32O5/c1-3-9-21-19(4-2)20(24)15-22(25,27-21)14-18(23)12-8-13-26-16-17-10-6-5-7-11-17/h3-7,10-11,18-21,23-25H,1-2,8-9,12-16H2/t18-,19+,20-,21-,22+/m0/s1. The van der Waals surface area contributed by atoms with Gasteiger partial charge in [0, 0.05) is 25.4 Å². The minimum atomic E-state index is -1.54. The van der Waals surface area contributed by atoms with Crippen LogP contribution in [0.2, 0.25) is 0 Å². The molecule has 1 saturated heterocycles. The topological polar surface area (TPSA) is 79.2 Å². The second-order valence-corrected chi connectivity index (χ2v) is 7.25. The zero-order valence-corrected chi connectivity index (χ0v) is 15.9. The van der Waals surface area contributed by atoms with Gasteiger partial charge in [-0.1, -0.05) is 42.5 Å². The van der Waals surface area contributed by atoms with Crippen molar-refractivity contribution in [3.8, 4) is 0 Å². The third kappa shape index (κ3) is 6.87. The smallest absolute Gasteiger partial charge is 0.170 e. The fraction of sp³-hybridized carbons (Fsp3) is 0.545. The molecule has 1 fully saturated rings. The highest BCUT2D eigenvalue weighted by atomic mass is 16.6. The van der Waals surface area contributed by atoms with Gasteiger partial charge in [0.15, 0.2) is 5.79 Å². The van der Waals surface area contributed by atoms with Crippen LogP contribution in [0.4, 0.5) is 0 Å². The Bertz CT molecular complexity index is 575. The van der Waals surface area contributed by atoms with Gasteiger partial charge in [-0.05, 0) is 24.8 Å². The highest BCUT2D eigenvalue weighted by molar-refractivity contribution is 5.13. The van der Waals surface area contributed by atoms with Gasteiger partial charge in [0.25, 0.3) is 0 Å². The molecular formula is C22H32O5. The number of benzene rings is 1. The SMILES string of the molecule is C=CC[C@@H]1O[C@](O)(C[C@@H](O)CCCOCc2ccccc2)C[C@H](O)[C@H]1C=C. The predicted octanol–water partition coefficient (Wildman–Crippen LogP) is 2.95. The molecule has 1 heterocycles. The zero-order chi connectivity index (χ0) is 19.7. The van der Waals surface area contributed by atoms with Crippen LogP contribution in [0.5, 0.6) is 0 Å². The Morgan fingerprint density at radius 1 is 1.30 bits per heavy atom. The van der Waals surface area contributed by atoms with Crippen molar-refractivity contribution in [3.63, 3.8) is 0 Å². The molecule has 0 radical (unpaired) electrons. The first-order chi connectivity index (χ1) is 13.0. The molecule has 27 heavy (non-hydrogen) atoms. The molecule has 2 rings (SSSR count). The molecule has 5 atom stereocenters. The molecule has 5 nitrogen and oxygen atoms in total. The van der Waals surface area contributed by atoms with Crippen LogP contribution in [-0.4, -0.2) is 46.0 Å². The lowest BCUT2D eigenvalue weighted by Crippen LogP contribution is -2.52. The molecule has 0 aromatic heterocycles. The van der Waals surface area contributed by atoms with E-state index < -0.39 is 24.1 Å². The summed E-state index contributed by atoms with van der Waals surface area (Å²) in [6.07, 6.45) is 3.25. The average Bonchev–Trinajstić information content (AvgIpc) is 2.62. The predicted molar refractivity (Wildman–Crippen MR) is 105 cm³/mol. The molecule has 0 unspecified atom stereocenters. The van der Waals surface area contributed by atoms with Gasteiger partial charge < -0.3 is 24.8 Å². The highest BCUT2D eigenvalue weighted by Crippen LogP contribution is 2.36. The van der Waals surface area contributed by atoms with Crippen LogP contribution in [0.1, 0.15) is 37.7 Å². The summed E-state index contributed by atoms with van der Waals surface area (Å²) in [7, 11) is 0. The van der Waals surface area contributed by atoms with Crippen molar-refractivity contribution in [1.82, 2.24) is 0 Å². The summed E-state index contributed by atoms with van der Waals surface area (Å²) < 4.78 is 11.4. The fourth-order valence-corrected chi connectivity index (χ4v) is 3.58. The quantitative estimate of drug-likeness (QED) is 0.409. The van der Waals surface area contributed by atoms with Crippen LogP contribution in [-0.2, 0) is 16.1 Å². The van der Waals surface area contributed by atoms with Gasteiger partial charge >= 0.3 is 0 Å². The van der Waals surface area contributed by atoms with E-state index >= 15 is 0 Å². The second kappa shape index (κ2) is 10.7. The summed E-state index contributed by atoms with van der Waals surface area (Å²) in [5.41, 5.74) is 1.11. The molecule has 5 heteroatoms. The van der Waals surface area contributed by atoms with E-state index in [0.717, 1.165) is 5.56 Å². The van der Waals surface area contributed by atoms with Gasteiger partial charge in [-0.2, -0.15) is 0 Å². The molecule has 0 bridgehead atoms. The zero-order valence-electron chi connectivity index (χ0n) is 15.9. The number of hydrogen-bond donors (Lipinski definition) is 3. The van der Waals surface area contributed by atoms with E-state index in [4.69, 9.17) is 9.47 Å². The Labute approximate surface area is 161 Å². The highest BCUT2D eigenvalue weighted by Gasteiger charge is 2.44. The van der Waals surface area contributed by atoms with Gasteiger partial charge in [0.05, 0.1) is 24.9 Å². The Morgan fingerprint density at radius 2 is 2.04 bits per heavy atom. The fourth-order valence-electron chi connectivity index (χ4n) is 3.58. The third-order valence-electron chi connectivity index (χ3n) is 4.94. The monoisotopic (exact) mass is 376 g/mol. The Morgan fingerprint density at radius 3 is 2.70 bits per heavy atom. The summed E-state index contributed by atoms with van der Waals surface area (Å²) in [4.78, 5) is 0. The van der Waals surface area contributed by atoms with Crippen LogP contribution in [0.3, 0.4) is 0 Å². The number of aliphatic hydroxyl groups is 3. The van der Waals surface area contributed by atoms with E-state index in [1.807, 2.05) is 30.3 Å². The number of aliphatic hydroxyl groups excluding tert-OH is 2. The first kappa shape index (κ1) is 21.8. The molecule has 1 aromatic carbocycles. The molecule has 3 N–H and O–H groups in total. The van der Waals surface area contributed by atoms with Gasteiger partial charge in [0.2, 0.25) is 0 Å². The van der Waals surface area contributed by atoms with Gasteiger partial charge in [-0.3, -0.25) is 0 Å². The van der Waals surface area contributed by atoms with Gasteiger partial charge in [0.1, 0.15) is 0 Å². The van der Waals surface area contributed by atoms with Crippen LogP contribution in [0.25, 0.3) is 0 Å². The van der Waals surface area contributed by atoms with Crippen LogP contribution in [0.15, 0.2) is 55.6 Å². The first-order valence-corrected chi connectivity index (χ1v) is 9.59. The minimum absolute atomic E-state index is 0.0545. The average molecular weight is 376 g/mol. The van der Waals surface area contributed by atoms with Crippen LogP contribution < -0.4 is 0 Å². The Balaban J connectivity index is 1.74. The van der Waals surface area contributed by atoms with E-state index in [0.29, 0.717) is 32.5 Å². The third-order valence-corrected chi connectivity index (χ3v) is 4.94. The largest absolute Gasteiger partial charge is 0.393 e. The minimum Gasteiger partial charge on any atom is -0.393 e. The van der Waals surface area contributed by atoms with E-state index in [1.165, 1.54) is 0 Å². The van der Waals surface area contributed by atoms with Crippen molar-refractivity contribution in [3.05, 3.63) is 61.2 Å². The Kier molecular flexibility index (Phi) is 8.67. The number of hydrogen-bond acceptors (Lipinski definition) is 5. The summed E-state index contributed by atoms with van der Waals surface area (Å²) in [6.45, 7) is 8.51. The van der Waals surface area contributed by atoms with Crippen molar-refractivity contribution in [2.45, 2.75) is 62.8 Å². The molecule has 1 aliphatic rings. The molecular weight excluding hydrogens is 344 g/mol. The summed E-state index contributed by atoms with van der Waals surface area (Å²) in [5, 5.41) is 31.3. The molecule has 1 aliphatic heterocycles. The van der Waals surface area contributed by atoms with Gasteiger partial charge in [-0.25, -0.2) is 0 Å². The Hall–Kier alpha value is -1.50. The van der Waals surface area contributed by atoms with E-state index in [-0.39, 0.29) is 18.8 Å². The molecule has 0 amide bonds. The maximum Gasteiger partial charge on any atom is 0.170 e. The summed E-state index contributed by atoms with van der Waals surface area (Å²) in [6, 6.07) is 9.92. The maximum absolute atomic E-state index is 10.7. The van der Waals surface area contributed by atoms with Gasteiger partial charge in [-0.15, -0.1) is 13.2 Å². The van der Waals surface area contributed by atoms with E-state index in [2.05, 4.69) is 13.2 Å². The summed E-state index contributed by atoms with van der Waals surface area (Å²) >= 11 is 0. The maximum atomic E-state index is 10.7. The molecule has 150 valence electrons. The van der Waals surface area contributed by atoms with Crippen molar-refractivity contribution >= 4 is 0 Å². The van der Waals surface area contributed by atoms with E-state index in [1.54, 1.807) is 12.2 Å². The lowest BCUT2D eigenvalue weighted by molar-refractivity contribution is -0.292. The molecule has 0 aliphatic carbocycles. The first-order valence-electron chi connectivity index (χ1n) is 9.59. The van der Waals surface area contributed by atoms with Crippen molar-refractivity contribution < 1.29 is 24.8 Å². The van der Waals surface area contributed by atoms with E-state index in [9.17, 15) is 15.3 Å². The van der Waals surface area contributed by atoms with Crippen molar-refractivity contribution in [2.24, 2.45) is 5.92 Å². The number of rotatable bonds is 11. The van der Waals surface area contributed by atoms with Crippen molar-refractivity contribution in [1.29, 1.82) is 0 Å². The molecule has 1 aromatic rings. The molecule has 0 saturated carbocycles. The lowest BCUT2D eigenvalue weighted by atomic mass is 9.84. The summed E-state index contributed by atoms with van der Waals surface area (Å²) in [5.74, 6) is -1.80.